The fourth-order valence-corrected chi connectivity index (χ4v) is 4.66. The van der Waals surface area contributed by atoms with E-state index in [0.29, 0.717) is 31.8 Å². The summed E-state index contributed by atoms with van der Waals surface area (Å²) >= 11 is 0. The van der Waals surface area contributed by atoms with Crippen molar-refractivity contribution < 1.29 is 24.2 Å². The minimum Gasteiger partial charge on any atom is -0.481 e. The number of nitrogens with one attached hydrogen (secondary N) is 2. The molecule has 2 atom stereocenters. The molecule has 0 fully saturated rings. The molecule has 2 unspecified atom stereocenters. The van der Waals surface area contributed by atoms with Crippen LogP contribution in [-0.4, -0.2) is 42.8 Å². The second-order valence-corrected chi connectivity index (χ2v) is 9.36. The molecule has 0 spiro atoms. The van der Waals surface area contributed by atoms with Gasteiger partial charge in [-0.2, -0.15) is 0 Å². The topological polar surface area (TPSA) is 105 Å². The van der Waals surface area contributed by atoms with Crippen LogP contribution < -0.4 is 10.6 Å². The van der Waals surface area contributed by atoms with E-state index in [1.165, 1.54) is 22.3 Å². The number of ether oxygens (including phenoxy) is 1. The lowest BCUT2D eigenvalue weighted by Crippen LogP contribution is -2.33. The zero-order valence-electron chi connectivity index (χ0n) is 20.6. The van der Waals surface area contributed by atoms with Crippen LogP contribution in [0.1, 0.15) is 63.0 Å². The molecule has 0 heterocycles. The molecular weight excluding hydrogens is 444 g/mol. The number of carbonyl (C=O) groups is 3. The van der Waals surface area contributed by atoms with Crippen LogP contribution in [0.5, 0.6) is 0 Å². The Morgan fingerprint density at radius 3 is 2.20 bits per heavy atom. The summed E-state index contributed by atoms with van der Waals surface area (Å²) in [6.45, 7) is 5.08. The van der Waals surface area contributed by atoms with Crippen LogP contribution in [-0.2, 0) is 14.3 Å². The Balaban J connectivity index is 1.36. The molecule has 7 heteroatoms. The summed E-state index contributed by atoms with van der Waals surface area (Å²) in [7, 11) is 0. The second kappa shape index (κ2) is 12.9. The van der Waals surface area contributed by atoms with Gasteiger partial charge < -0.3 is 20.5 Å². The van der Waals surface area contributed by atoms with Crippen molar-refractivity contribution in [3.05, 3.63) is 59.7 Å². The van der Waals surface area contributed by atoms with Gasteiger partial charge in [0.05, 0.1) is 0 Å². The summed E-state index contributed by atoms with van der Waals surface area (Å²) in [6.07, 6.45) is 2.26. The van der Waals surface area contributed by atoms with Crippen LogP contribution in [0.15, 0.2) is 48.5 Å². The number of hydrogen-bond donors (Lipinski definition) is 3. The van der Waals surface area contributed by atoms with Crippen molar-refractivity contribution in [1.82, 2.24) is 10.6 Å². The van der Waals surface area contributed by atoms with E-state index in [9.17, 15) is 14.4 Å². The summed E-state index contributed by atoms with van der Waals surface area (Å²) < 4.78 is 5.55. The molecule has 7 nitrogen and oxygen atoms in total. The summed E-state index contributed by atoms with van der Waals surface area (Å²) in [5.74, 6) is -0.590. The Morgan fingerprint density at radius 2 is 1.60 bits per heavy atom. The van der Waals surface area contributed by atoms with Gasteiger partial charge in [0.2, 0.25) is 5.91 Å². The van der Waals surface area contributed by atoms with Gasteiger partial charge >= 0.3 is 12.1 Å². The maximum atomic E-state index is 12.3. The van der Waals surface area contributed by atoms with Crippen molar-refractivity contribution in [2.24, 2.45) is 11.8 Å². The van der Waals surface area contributed by atoms with Crippen molar-refractivity contribution in [3.63, 3.8) is 0 Å². The number of aliphatic carboxylic acids is 1. The molecule has 0 radical (unpaired) electrons. The van der Waals surface area contributed by atoms with Crippen LogP contribution in [0.3, 0.4) is 0 Å². The SMILES string of the molecule is CCC(CCNC(=O)CC(C)CNC(=O)OCC1c2ccccc2-c2ccccc21)CCC(=O)O. The van der Waals surface area contributed by atoms with Crippen molar-refractivity contribution in [1.29, 1.82) is 0 Å². The van der Waals surface area contributed by atoms with E-state index in [4.69, 9.17) is 9.84 Å². The molecule has 3 N–H and O–H groups in total. The van der Waals surface area contributed by atoms with Gasteiger partial charge in [-0.1, -0.05) is 68.8 Å². The Hall–Kier alpha value is -3.35. The molecule has 0 saturated heterocycles. The molecule has 0 aliphatic heterocycles. The van der Waals surface area contributed by atoms with E-state index in [-0.39, 0.29) is 30.8 Å². The number of fused-ring (bicyclic) bond motifs is 3. The minimum atomic E-state index is -0.787. The van der Waals surface area contributed by atoms with Gasteiger partial charge in [-0.3, -0.25) is 9.59 Å². The van der Waals surface area contributed by atoms with E-state index >= 15 is 0 Å². The van der Waals surface area contributed by atoms with Crippen LogP contribution >= 0.6 is 0 Å². The molecule has 1 aliphatic rings. The fourth-order valence-electron chi connectivity index (χ4n) is 4.66. The first-order valence-corrected chi connectivity index (χ1v) is 12.5. The standard InChI is InChI=1S/C28H36N2O5/c1-3-20(12-13-27(32)33)14-15-29-26(31)16-19(2)17-30-28(34)35-18-25-23-10-6-4-8-21(23)22-9-5-7-11-24(22)25/h4-11,19-20,25H,3,12-18H2,1-2H3,(H,29,31)(H,30,34)(H,32,33). The third kappa shape index (κ3) is 7.57. The first-order chi connectivity index (χ1) is 16.9. The third-order valence-corrected chi connectivity index (χ3v) is 6.69. The van der Waals surface area contributed by atoms with Crippen molar-refractivity contribution in [3.8, 4) is 11.1 Å². The average Bonchev–Trinajstić information content (AvgIpc) is 3.17. The summed E-state index contributed by atoms with van der Waals surface area (Å²) in [4.78, 5) is 35.3. The zero-order chi connectivity index (χ0) is 25.2. The predicted octanol–water partition coefficient (Wildman–Crippen LogP) is 4.95. The van der Waals surface area contributed by atoms with Crippen LogP contribution in [0, 0.1) is 11.8 Å². The Kier molecular flexibility index (Phi) is 9.70. The smallest absolute Gasteiger partial charge is 0.407 e. The van der Waals surface area contributed by atoms with Crippen LogP contribution in [0.4, 0.5) is 4.79 Å². The lowest BCUT2D eigenvalue weighted by atomic mass is 9.96. The van der Waals surface area contributed by atoms with Crippen molar-refractivity contribution >= 4 is 18.0 Å². The minimum absolute atomic E-state index is 0.0128. The maximum absolute atomic E-state index is 12.3. The highest BCUT2D eigenvalue weighted by Crippen LogP contribution is 2.44. The number of carboxylic acid groups (broad SMARTS) is 1. The summed E-state index contributed by atoms with van der Waals surface area (Å²) in [5.41, 5.74) is 4.70. The Morgan fingerprint density at radius 1 is 0.971 bits per heavy atom. The van der Waals surface area contributed by atoms with Crippen molar-refractivity contribution in [2.45, 2.75) is 51.9 Å². The normalized spacial score (nSPS) is 13.9. The van der Waals surface area contributed by atoms with Crippen LogP contribution in [0.2, 0.25) is 0 Å². The lowest BCUT2D eigenvalue weighted by Gasteiger charge is -2.17. The number of alkyl carbamates (subject to hydrolysis) is 1. The fraction of sp³-hybridized carbons (Fsp3) is 0.464. The lowest BCUT2D eigenvalue weighted by molar-refractivity contribution is -0.137. The highest BCUT2D eigenvalue weighted by Gasteiger charge is 2.29. The molecule has 2 aromatic rings. The maximum Gasteiger partial charge on any atom is 0.407 e. The van der Waals surface area contributed by atoms with E-state index < -0.39 is 12.1 Å². The average molecular weight is 481 g/mol. The highest BCUT2D eigenvalue weighted by atomic mass is 16.5. The van der Waals surface area contributed by atoms with Crippen molar-refractivity contribution in [2.75, 3.05) is 19.7 Å². The van der Waals surface area contributed by atoms with E-state index in [1.807, 2.05) is 38.1 Å². The molecular formula is C28H36N2O5. The highest BCUT2D eigenvalue weighted by molar-refractivity contribution is 5.79. The summed E-state index contributed by atoms with van der Waals surface area (Å²) in [6, 6.07) is 16.4. The van der Waals surface area contributed by atoms with Gasteiger partial charge in [0.15, 0.2) is 0 Å². The Labute approximate surface area is 207 Å². The molecule has 0 aromatic heterocycles. The molecule has 0 saturated carbocycles. The van der Waals surface area contributed by atoms with Gasteiger partial charge in [0.1, 0.15) is 6.61 Å². The number of carboxylic acids is 1. The van der Waals surface area contributed by atoms with Gasteiger partial charge in [-0.05, 0) is 46.9 Å². The molecule has 0 bridgehead atoms. The number of benzene rings is 2. The largest absolute Gasteiger partial charge is 0.481 e. The molecule has 2 aromatic carbocycles. The van der Waals surface area contributed by atoms with Gasteiger partial charge in [0, 0.05) is 31.8 Å². The van der Waals surface area contributed by atoms with Gasteiger partial charge in [-0.25, -0.2) is 4.79 Å². The monoisotopic (exact) mass is 480 g/mol. The molecule has 188 valence electrons. The van der Waals surface area contributed by atoms with Gasteiger partial charge in [-0.15, -0.1) is 0 Å². The summed E-state index contributed by atoms with van der Waals surface area (Å²) in [5, 5.41) is 14.5. The Bertz CT molecular complexity index is 976. The van der Waals surface area contributed by atoms with Gasteiger partial charge in [0.25, 0.3) is 0 Å². The van der Waals surface area contributed by atoms with E-state index in [1.54, 1.807) is 0 Å². The number of amides is 2. The zero-order valence-corrected chi connectivity index (χ0v) is 20.6. The quantitative estimate of drug-likeness (QED) is 0.376. The molecule has 3 rings (SSSR count). The molecule has 2 amide bonds. The second-order valence-electron chi connectivity index (χ2n) is 9.36. The third-order valence-electron chi connectivity index (χ3n) is 6.69. The first-order valence-electron chi connectivity index (χ1n) is 12.5. The number of rotatable bonds is 13. The molecule has 35 heavy (non-hydrogen) atoms. The van der Waals surface area contributed by atoms with Crippen LogP contribution in [0.25, 0.3) is 11.1 Å². The number of carbonyl (C=O) groups excluding carboxylic acids is 2. The van der Waals surface area contributed by atoms with E-state index in [0.717, 1.165) is 12.8 Å². The van der Waals surface area contributed by atoms with E-state index in [2.05, 4.69) is 34.9 Å². The first kappa shape index (κ1) is 26.3. The predicted molar refractivity (Wildman–Crippen MR) is 135 cm³/mol. The number of hydrogen-bond acceptors (Lipinski definition) is 4. The molecule has 1 aliphatic carbocycles.